The molecule has 1 fully saturated rings. The predicted molar refractivity (Wildman–Crippen MR) is 115 cm³/mol. The summed E-state index contributed by atoms with van der Waals surface area (Å²) in [5, 5.41) is 9.65. The highest BCUT2D eigenvalue weighted by Crippen LogP contribution is 2.26. The Hall–Kier alpha value is -2.68. The third-order valence-electron chi connectivity index (χ3n) is 5.21. The highest BCUT2D eigenvalue weighted by atomic mass is 32.1. The van der Waals surface area contributed by atoms with Crippen LogP contribution in [0.1, 0.15) is 51.4 Å². The molecule has 0 saturated carbocycles. The number of nitrogens with one attached hydrogen (secondary N) is 2. The molecule has 1 aliphatic rings. The third kappa shape index (κ3) is 5.08. The Morgan fingerprint density at radius 1 is 1.27 bits per heavy atom. The normalized spacial score (nSPS) is 21.9. The van der Waals surface area contributed by atoms with E-state index < -0.39 is 5.60 Å². The number of likely N-dealkylation sites (tertiary alicyclic amines) is 1. The Bertz CT molecular complexity index is 960. The fourth-order valence-electron chi connectivity index (χ4n) is 3.59. The second-order valence-corrected chi connectivity index (χ2v) is 9.05. The minimum atomic E-state index is -0.563. The lowest BCUT2D eigenvalue weighted by Crippen LogP contribution is -2.59. The van der Waals surface area contributed by atoms with Crippen LogP contribution >= 0.6 is 12.2 Å². The molecule has 1 aromatic heterocycles. The van der Waals surface area contributed by atoms with E-state index >= 15 is 0 Å². The Kier molecular flexibility index (Phi) is 6.30. The first kappa shape index (κ1) is 22.0. The van der Waals surface area contributed by atoms with Gasteiger partial charge in [-0.3, -0.25) is 4.79 Å². The van der Waals surface area contributed by atoms with Gasteiger partial charge in [0.2, 0.25) is 5.89 Å². The zero-order valence-electron chi connectivity index (χ0n) is 17.9. The first-order valence-corrected chi connectivity index (χ1v) is 10.4. The number of carbonyl (C=O) groups is 2. The summed E-state index contributed by atoms with van der Waals surface area (Å²) in [6.45, 7) is 10.2. The van der Waals surface area contributed by atoms with E-state index in [-0.39, 0.29) is 34.8 Å². The second-order valence-electron chi connectivity index (χ2n) is 8.68. The van der Waals surface area contributed by atoms with Crippen molar-refractivity contribution in [3.8, 4) is 11.5 Å². The van der Waals surface area contributed by atoms with Gasteiger partial charge >= 0.3 is 6.09 Å². The van der Waals surface area contributed by atoms with Gasteiger partial charge in [-0.15, -0.1) is 5.10 Å². The molecule has 1 aliphatic heterocycles. The van der Waals surface area contributed by atoms with Crippen LogP contribution in [0.15, 0.2) is 28.7 Å². The molecular weight excluding hydrogens is 404 g/mol. The van der Waals surface area contributed by atoms with E-state index in [2.05, 4.69) is 22.4 Å². The summed E-state index contributed by atoms with van der Waals surface area (Å²) in [6, 6.07) is 6.57. The van der Waals surface area contributed by atoms with Crippen molar-refractivity contribution in [2.75, 3.05) is 6.54 Å². The van der Waals surface area contributed by atoms with Crippen LogP contribution in [0.2, 0.25) is 0 Å². The van der Waals surface area contributed by atoms with Crippen molar-refractivity contribution < 1.29 is 18.7 Å². The highest BCUT2D eigenvalue weighted by molar-refractivity contribution is 7.71. The third-order valence-corrected chi connectivity index (χ3v) is 5.38. The van der Waals surface area contributed by atoms with Gasteiger partial charge in [-0.05, 0) is 76.5 Å². The topological polar surface area (TPSA) is 100 Å². The number of ether oxygens (including phenoxy) is 1. The van der Waals surface area contributed by atoms with E-state index in [0.717, 1.165) is 12.0 Å². The number of nitrogens with zero attached hydrogens (tertiary/aromatic N) is 2. The lowest BCUT2D eigenvalue weighted by atomic mass is 9.87. The fraction of sp³-hybridized carbons (Fsp3) is 0.524. The fourth-order valence-corrected chi connectivity index (χ4v) is 3.71. The zero-order chi connectivity index (χ0) is 22.1. The number of rotatable bonds is 3. The van der Waals surface area contributed by atoms with Crippen LogP contribution in [0, 0.1) is 10.8 Å². The van der Waals surface area contributed by atoms with Crippen molar-refractivity contribution in [3.63, 3.8) is 0 Å². The van der Waals surface area contributed by atoms with Gasteiger partial charge in [-0.1, -0.05) is 6.92 Å². The molecule has 0 unspecified atom stereocenters. The predicted octanol–water partition coefficient (Wildman–Crippen LogP) is 4.16. The molecule has 0 aliphatic carbocycles. The smallest absolute Gasteiger partial charge is 0.410 e. The van der Waals surface area contributed by atoms with E-state index in [9.17, 15) is 9.59 Å². The molecule has 30 heavy (non-hydrogen) atoms. The van der Waals surface area contributed by atoms with Gasteiger partial charge in [0.15, 0.2) is 0 Å². The molecule has 8 nitrogen and oxygen atoms in total. The number of piperidine rings is 1. The molecule has 1 saturated heterocycles. The van der Waals surface area contributed by atoms with Gasteiger partial charge in [-0.25, -0.2) is 9.89 Å². The van der Waals surface area contributed by atoms with Gasteiger partial charge < -0.3 is 19.4 Å². The molecule has 0 radical (unpaired) electrons. The molecule has 1 aromatic carbocycles. The number of hydrogen-bond acceptors (Lipinski definition) is 6. The summed E-state index contributed by atoms with van der Waals surface area (Å²) in [4.78, 5) is 27.3. The average Bonchev–Trinajstić information content (AvgIpc) is 3.10. The van der Waals surface area contributed by atoms with Gasteiger partial charge in [0.25, 0.3) is 10.7 Å². The maximum atomic E-state index is 12.9. The standard InChI is InChI=1S/C21H28N4O4S/c1-12-10-11-25(20(27)29-21(3,4)5)13(2)16(12)22-17(26)14-6-8-15(9-7-14)18-23-24-19(30)28-18/h6-9,12-13,16H,10-11H2,1-5H3,(H,22,26)(H,24,30)/t12-,13+,16-/m1/s1. The largest absolute Gasteiger partial charge is 0.444 e. The molecule has 2 amide bonds. The van der Waals surface area contributed by atoms with Crippen LogP contribution in [0.5, 0.6) is 0 Å². The summed E-state index contributed by atoms with van der Waals surface area (Å²) in [5.41, 5.74) is 0.670. The number of aromatic amines is 1. The quantitative estimate of drug-likeness (QED) is 0.706. The van der Waals surface area contributed by atoms with Crippen LogP contribution in [0.3, 0.4) is 0 Å². The van der Waals surface area contributed by atoms with Gasteiger partial charge in [0, 0.05) is 17.7 Å². The molecule has 3 rings (SSSR count). The van der Waals surface area contributed by atoms with E-state index in [1.54, 1.807) is 29.2 Å². The van der Waals surface area contributed by atoms with Crippen molar-refractivity contribution in [3.05, 3.63) is 34.7 Å². The molecule has 2 aromatic rings. The first-order chi connectivity index (χ1) is 14.0. The van der Waals surface area contributed by atoms with E-state index in [1.165, 1.54) is 0 Å². The molecular formula is C21H28N4O4S. The van der Waals surface area contributed by atoms with Gasteiger partial charge in [0.05, 0.1) is 12.1 Å². The lowest BCUT2D eigenvalue weighted by Gasteiger charge is -2.43. The van der Waals surface area contributed by atoms with Crippen LogP contribution in [-0.4, -0.2) is 51.3 Å². The number of benzene rings is 1. The van der Waals surface area contributed by atoms with Crippen LogP contribution in [-0.2, 0) is 4.74 Å². The monoisotopic (exact) mass is 432 g/mol. The van der Waals surface area contributed by atoms with Crippen molar-refractivity contribution in [1.29, 1.82) is 0 Å². The zero-order valence-corrected chi connectivity index (χ0v) is 18.7. The molecule has 0 bridgehead atoms. The summed E-state index contributed by atoms with van der Waals surface area (Å²) < 4.78 is 10.8. The highest BCUT2D eigenvalue weighted by Gasteiger charge is 2.38. The number of amides is 2. The van der Waals surface area contributed by atoms with Crippen LogP contribution in [0.25, 0.3) is 11.5 Å². The van der Waals surface area contributed by atoms with E-state index in [0.29, 0.717) is 18.0 Å². The maximum Gasteiger partial charge on any atom is 0.410 e. The van der Waals surface area contributed by atoms with Gasteiger partial charge in [-0.2, -0.15) is 0 Å². The average molecular weight is 433 g/mol. The first-order valence-electron chi connectivity index (χ1n) is 10.0. The Balaban J connectivity index is 1.69. The van der Waals surface area contributed by atoms with Crippen LogP contribution in [0.4, 0.5) is 4.79 Å². The van der Waals surface area contributed by atoms with Crippen molar-refractivity contribution in [1.82, 2.24) is 20.4 Å². The van der Waals surface area contributed by atoms with Crippen molar-refractivity contribution in [2.24, 2.45) is 5.92 Å². The molecule has 2 N–H and O–H groups in total. The van der Waals surface area contributed by atoms with Gasteiger partial charge in [0.1, 0.15) is 5.60 Å². The summed E-state index contributed by atoms with van der Waals surface area (Å²) >= 11 is 4.88. The maximum absolute atomic E-state index is 12.9. The molecule has 162 valence electrons. The van der Waals surface area contributed by atoms with E-state index in [4.69, 9.17) is 21.4 Å². The number of aromatic nitrogens is 2. The van der Waals surface area contributed by atoms with Crippen molar-refractivity contribution in [2.45, 2.75) is 58.7 Å². The minimum absolute atomic E-state index is 0.178. The lowest BCUT2D eigenvalue weighted by molar-refractivity contribution is 0.000872. The number of hydrogen-bond donors (Lipinski definition) is 2. The Labute approximate surface area is 181 Å². The molecule has 9 heteroatoms. The summed E-state index contributed by atoms with van der Waals surface area (Å²) in [5.74, 6) is 0.406. The summed E-state index contributed by atoms with van der Waals surface area (Å²) in [7, 11) is 0. The molecule has 0 spiro atoms. The SMILES string of the molecule is C[C@@H]1CCN(C(=O)OC(C)(C)C)[C@@H](C)[C@@H]1NC(=O)c1ccc(-c2n[nH]c(=S)o2)cc1. The number of H-pyrrole nitrogens is 1. The number of carbonyl (C=O) groups excluding carboxylic acids is 2. The minimum Gasteiger partial charge on any atom is -0.444 e. The molecule has 2 heterocycles. The second kappa shape index (κ2) is 8.59. The Morgan fingerprint density at radius 2 is 1.93 bits per heavy atom. The van der Waals surface area contributed by atoms with Crippen molar-refractivity contribution >= 4 is 24.2 Å². The molecule has 3 atom stereocenters. The Morgan fingerprint density at radius 3 is 2.50 bits per heavy atom. The van der Waals surface area contributed by atoms with Crippen LogP contribution < -0.4 is 5.32 Å². The summed E-state index contributed by atoms with van der Waals surface area (Å²) in [6.07, 6.45) is 0.437. The van der Waals surface area contributed by atoms with E-state index in [1.807, 2.05) is 27.7 Å².